The molecule has 1 aliphatic heterocycles. The van der Waals surface area contributed by atoms with Gasteiger partial charge in [0.05, 0.1) is 5.56 Å². The van der Waals surface area contributed by atoms with Gasteiger partial charge in [0.15, 0.2) is 6.61 Å². The van der Waals surface area contributed by atoms with Crippen molar-refractivity contribution in [3.8, 4) is 0 Å². The Bertz CT molecular complexity index is 900. The number of carbonyl (C=O) groups is 2. The Morgan fingerprint density at radius 2 is 1.71 bits per heavy atom. The molecular weight excluding hydrogens is 400 g/mol. The second-order valence-electron chi connectivity index (χ2n) is 6.49. The molecule has 150 valence electrons. The van der Waals surface area contributed by atoms with Crippen molar-refractivity contribution in [1.82, 2.24) is 4.90 Å². The van der Waals surface area contributed by atoms with Crippen molar-refractivity contribution in [2.75, 3.05) is 24.4 Å². The number of nitrogens with one attached hydrogen (secondary N) is 1. The highest BCUT2D eigenvalue weighted by molar-refractivity contribution is 7.94. The maximum absolute atomic E-state index is 12.2. The van der Waals surface area contributed by atoms with Crippen molar-refractivity contribution in [3.63, 3.8) is 0 Å². The van der Waals surface area contributed by atoms with Crippen LogP contribution in [0.1, 0.15) is 36.0 Å². The highest BCUT2D eigenvalue weighted by atomic mass is 32.2. The standard InChI is InChI=1S/C19H22N2O5S2/c22-17(21-11-3-1-2-4-12-21)14-26-19(23)15-7-9-16(10-8-15)20-28(24,25)18-6-5-13-27-18/h5-10,13,20H,1-4,11-12,14H2. The van der Waals surface area contributed by atoms with E-state index in [-0.39, 0.29) is 22.3 Å². The number of thiophene rings is 1. The summed E-state index contributed by atoms with van der Waals surface area (Å²) in [6.45, 7) is 1.12. The number of anilines is 1. The first kappa shape index (κ1) is 20.3. The van der Waals surface area contributed by atoms with Crippen LogP contribution in [0.4, 0.5) is 5.69 Å². The molecule has 1 aromatic heterocycles. The maximum atomic E-state index is 12.2. The summed E-state index contributed by atoms with van der Waals surface area (Å²) in [4.78, 5) is 26.1. The zero-order chi connectivity index (χ0) is 20.0. The van der Waals surface area contributed by atoms with Crippen molar-refractivity contribution in [2.45, 2.75) is 29.9 Å². The van der Waals surface area contributed by atoms with Crippen LogP contribution in [-0.4, -0.2) is 44.9 Å². The molecule has 1 fully saturated rings. The molecule has 2 heterocycles. The number of rotatable bonds is 6. The minimum Gasteiger partial charge on any atom is -0.452 e. The number of ether oxygens (including phenoxy) is 1. The molecule has 0 spiro atoms. The molecule has 0 atom stereocenters. The van der Waals surface area contributed by atoms with Crippen LogP contribution in [0.5, 0.6) is 0 Å². The molecule has 0 aliphatic carbocycles. The third-order valence-corrected chi connectivity index (χ3v) is 7.20. The van der Waals surface area contributed by atoms with Gasteiger partial charge in [0.25, 0.3) is 15.9 Å². The van der Waals surface area contributed by atoms with Crippen molar-refractivity contribution >= 4 is 38.9 Å². The molecule has 7 nitrogen and oxygen atoms in total. The van der Waals surface area contributed by atoms with E-state index in [1.807, 2.05) is 0 Å². The van der Waals surface area contributed by atoms with Crippen LogP contribution in [0.2, 0.25) is 0 Å². The van der Waals surface area contributed by atoms with Crippen LogP contribution in [0.25, 0.3) is 0 Å². The Balaban J connectivity index is 1.54. The molecule has 1 amide bonds. The number of nitrogens with zero attached hydrogens (tertiary/aromatic N) is 1. The topological polar surface area (TPSA) is 92.8 Å². The first-order valence-electron chi connectivity index (χ1n) is 9.07. The third-order valence-electron chi connectivity index (χ3n) is 4.42. The lowest BCUT2D eigenvalue weighted by Crippen LogP contribution is -2.35. The molecule has 0 unspecified atom stereocenters. The summed E-state index contributed by atoms with van der Waals surface area (Å²) < 4.78 is 32.2. The van der Waals surface area contributed by atoms with E-state index in [2.05, 4.69) is 4.72 Å². The van der Waals surface area contributed by atoms with Gasteiger partial charge in [-0.25, -0.2) is 13.2 Å². The lowest BCUT2D eigenvalue weighted by molar-refractivity contribution is -0.134. The Morgan fingerprint density at radius 3 is 2.32 bits per heavy atom. The highest BCUT2D eigenvalue weighted by Crippen LogP contribution is 2.20. The molecule has 0 saturated carbocycles. The van der Waals surface area contributed by atoms with E-state index in [4.69, 9.17) is 4.74 Å². The largest absolute Gasteiger partial charge is 0.452 e. The predicted molar refractivity (Wildman–Crippen MR) is 107 cm³/mol. The van der Waals surface area contributed by atoms with E-state index in [1.54, 1.807) is 16.3 Å². The SMILES string of the molecule is O=C(OCC(=O)N1CCCCCC1)c1ccc(NS(=O)(=O)c2cccs2)cc1. The fourth-order valence-corrected chi connectivity index (χ4v) is 4.97. The van der Waals surface area contributed by atoms with Crippen LogP contribution >= 0.6 is 11.3 Å². The highest BCUT2D eigenvalue weighted by Gasteiger charge is 2.18. The van der Waals surface area contributed by atoms with Gasteiger partial charge in [0, 0.05) is 18.8 Å². The molecule has 1 aliphatic rings. The smallest absolute Gasteiger partial charge is 0.338 e. The number of sulfonamides is 1. The number of hydrogen-bond acceptors (Lipinski definition) is 6. The van der Waals surface area contributed by atoms with E-state index in [0.717, 1.165) is 37.0 Å². The zero-order valence-electron chi connectivity index (χ0n) is 15.3. The third kappa shape index (κ3) is 5.32. The molecular formula is C19H22N2O5S2. The monoisotopic (exact) mass is 422 g/mol. The first-order valence-corrected chi connectivity index (χ1v) is 11.4. The van der Waals surface area contributed by atoms with Crippen molar-refractivity contribution in [2.24, 2.45) is 0 Å². The van der Waals surface area contributed by atoms with Gasteiger partial charge < -0.3 is 9.64 Å². The lowest BCUT2D eigenvalue weighted by atomic mass is 10.2. The van der Waals surface area contributed by atoms with Gasteiger partial charge >= 0.3 is 5.97 Å². The minimum absolute atomic E-state index is 0.185. The van der Waals surface area contributed by atoms with Gasteiger partial charge in [-0.2, -0.15) is 0 Å². The van der Waals surface area contributed by atoms with Gasteiger partial charge in [0.1, 0.15) is 4.21 Å². The summed E-state index contributed by atoms with van der Waals surface area (Å²) in [6.07, 6.45) is 4.18. The minimum atomic E-state index is -3.64. The van der Waals surface area contributed by atoms with Crippen LogP contribution in [0.15, 0.2) is 46.0 Å². The quantitative estimate of drug-likeness (QED) is 0.722. The number of esters is 1. The summed E-state index contributed by atoms with van der Waals surface area (Å²) in [6, 6.07) is 9.07. The summed E-state index contributed by atoms with van der Waals surface area (Å²) in [5, 5.41) is 1.68. The average Bonchev–Trinajstić information content (AvgIpc) is 3.10. The number of likely N-dealkylation sites (tertiary alicyclic amines) is 1. The predicted octanol–water partition coefficient (Wildman–Crippen LogP) is 3.11. The van der Waals surface area contributed by atoms with Crippen molar-refractivity contribution in [1.29, 1.82) is 0 Å². The van der Waals surface area contributed by atoms with Crippen LogP contribution < -0.4 is 4.72 Å². The molecule has 1 saturated heterocycles. The normalized spacial score (nSPS) is 14.9. The van der Waals surface area contributed by atoms with Crippen molar-refractivity contribution < 1.29 is 22.7 Å². The Labute approximate surface area is 168 Å². The average molecular weight is 423 g/mol. The summed E-state index contributed by atoms with van der Waals surface area (Å²) in [7, 11) is -3.64. The van der Waals surface area contributed by atoms with Gasteiger partial charge in [-0.1, -0.05) is 18.9 Å². The molecule has 28 heavy (non-hydrogen) atoms. The summed E-state index contributed by atoms with van der Waals surface area (Å²) >= 11 is 1.12. The second kappa shape index (κ2) is 9.20. The molecule has 0 radical (unpaired) electrons. The van der Waals surface area contributed by atoms with Crippen LogP contribution in [0.3, 0.4) is 0 Å². The van der Waals surface area contributed by atoms with Gasteiger partial charge in [-0.3, -0.25) is 9.52 Å². The van der Waals surface area contributed by atoms with Gasteiger partial charge in [-0.15, -0.1) is 11.3 Å². The number of benzene rings is 1. The Hall–Kier alpha value is -2.39. The first-order chi connectivity index (χ1) is 13.5. The fraction of sp³-hybridized carbons (Fsp3) is 0.368. The molecule has 0 bridgehead atoms. The maximum Gasteiger partial charge on any atom is 0.338 e. The van der Waals surface area contributed by atoms with E-state index >= 15 is 0 Å². The molecule has 2 aromatic rings. The molecule has 1 N–H and O–H groups in total. The van der Waals surface area contributed by atoms with Crippen molar-refractivity contribution in [3.05, 3.63) is 47.3 Å². The van der Waals surface area contributed by atoms with E-state index in [0.29, 0.717) is 18.8 Å². The summed E-state index contributed by atoms with van der Waals surface area (Å²) in [5.74, 6) is -0.800. The molecule has 9 heteroatoms. The van der Waals surface area contributed by atoms with Gasteiger partial charge in [0.2, 0.25) is 0 Å². The van der Waals surface area contributed by atoms with E-state index in [9.17, 15) is 18.0 Å². The Kier molecular flexibility index (Phi) is 6.69. The zero-order valence-corrected chi connectivity index (χ0v) is 16.9. The number of amides is 1. The van der Waals surface area contributed by atoms with Gasteiger partial charge in [-0.05, 0) is 48.6 Å². The fourth-order valence-electron chi connectivity index (χ4n) is 2.92. The number of carbonyl (C=O) groups excluding carboxylic acids is 2. The molecule has 3 rings (SSSR count). The Morgan fingerprint density at radius 1 is 1.04 bits per heavy atom. The lowest BCUT2D eigenvalue weighted by Gasteiger charge is -2.19. The second-order valence-corrected chi connectivity index (χ2v) is 9.34. The van der Waals surface area contributed by atoms with E-state index < -0.39 is 16.0 Å². The molecule has 1 aromatic carbocycles. The number of hydrogen-bond donors (Lipinski definition) is 1. The van der Waals surface area contributed by atoms with E-state index in [1.165, 1.54) is 30.3 Å². The van der Waals surface area contributed by atoms with Crippen LogP contribution in [0, 0.1) is 0 Å². The summed E-state index contributed by atoms with van der Waals surface area (Å²) in [5.41, 5.74) is 0.591. The van der Waals surface area contributed by atoms with Crippen LogP contribution in [-0.2, 0) is 19.6 Å².